The number of aldehydes is 1. The molecule has 0 aliphatic heterocycles. The van der Waals surface area contributed by atoms with Crippen molar-refractivity contribution in [2.75, 3.05) is 0 Å². The van der Waals surface area contributed by atoms with Gasteiger partial charge in [0.25, 0.3) is 6.43 Å². The molecule has 0 atom stereocenters. The zero-order valence-corrected chi connectivity index (χ0v) is 7.01. The fourth-order valence-electron chi connectivity index (χ4n) is 0.981. The van der Waals surface area contributed by atoms with E-state index in [4.69, 9.17) is 5.73 Å². The third kappa shape index (κ3) is 1.90. The molecule has 3 nitrogen and oxygen atoms in total. The summed E-state index contributed by atoms with van der Waals surface area (Å²) in [6.45, 7) is -0.326. The monoisotopic (exact) mass is 204 g/mol. The quantitative estimate of drug-likeness (QED) is 0.757. The van der Waals surface area contributed by atoms with E-state index in [2.05, 4.69) is 4.98 Å². The summed E-state index contributed by atoms with van der Waals surface area (Å²) in [5.41, 5.74) is 3.66. The molecule has 0 radical (unpaired) electrons. The van der Waals surface area contributed by atoms with E-state index in [0.717, 1.165) is 0 Å². The third-order valence-corrected chi connectivity index (χ3v) is 1.62. The Morgan fingerprint density at radius 3 is 2.64 bits per heavy atom. The number of rotatable bonds is 3. The van der Waals surface area contributed by atoms with Gasteiger partial charge in [-0.3, -0.25) is 4.79 Å². The van der Waals surface area contributed by atoms with Crippen LogP contribution in [-0.2, 0) is 6.54 Å². The molecule has 0 saturated heterocycles. The van der Waals surface area contributed by atoms with E-state index in [-0.39, 0.29) is 24.2 Å². The van der Waals surface area contributed by atoms with Gasteiger partial charge in [-0.25, -0.2) is 18.2 Å². The van der Waals surface area contributed by atoms with E-state index in [1.807, 2.05) is 0 Å². The van der Waals surface area contributed by atoms with E-state index < -0.39 is 17.8 Å². The summed E-state index contributed by atoms with van der Waals surface area (Å²) < 4.78 is 37.6. The van der Waals surface area contributed by atoms with Crippen molar-refractivity contribution in [2.24, 2.45) is 5.73 Å². The standard InChI is InChI=1S/C8H7F3N2O/c9-7-5(8(10)11)1-4(3-14)13-6(7)2-12/h1,3,8H,2,12H2. The normalized spacial score (nSPS) is 10.6. The van der Waals surface area contributed by atoms with Crippen molar-refractivity contribution in [3.8, 4) is 0 Å². The summed E-state index contributed by atoms with van der Waals surface area (Å²) >= 11 is 0. The molecular formula is C8H7F3N2O. The minimum absolute atomic E-state index is 0.248. The molecule has 0 amide bonds. The molecule has 14 heavy (non-hydrogen) atoms. The number of halogens is 3. The number of carbonyl (C=O) groups is 1. The molecule has 0 aromatic carbocycles. The summed E-state index contributed by atoms with van der Waals surface area (Å²) in [5.74, 6) is -1.15. The maximum atomic E-state index is 13.1. The van der Waals surface area contributed by atoms with E-state index in [9.17, 15) is 18.0 Å². The molecule has 0 aliphatic carbocycles. The lowest BCUT2D eigenvalue weighted by Crippen LogP contribution is -2.08. The summed E-state index contributed by atoms with van der Waals surface area (Å²) in [5, 5.41) is 0. The highest BCUT2D eigenvalue weighted by molar-refractivity contribution is 5.72. The number of nitrogens with two attached hydrogens (primary N) is 1. The van der Waals surface area contributed by atoms with E-state index in [1.165, 1.54) is 0 Å². The first-order valence-electron chi connectivity index (χ1n) is 3.72. The van der Waals surface area contributed by atoms with Gasteiger partial charge < -0.3 is 5.73 Å². The maximum absolute atomic E-state index is 13.1. The Hall–Kier alpha value is -1.43. The van der Waals surface area contributed by atoms with Crippen LogP contribution in [0.2, 0.25) is 0 Å². The van der Waals surface area contributed by atoms with Crippen molar-refractivity contribution in [2.45, 2.75) is 13.0 Å². The Labute approximate surface area is 77.7 Å². The topological polar surface area (TPSA) is 56.0 Å². The molecule has 6 heteroatoms. The van der Waals surface area contributed by atoms with Gasteiger partial charge in [-0.05, 0) is 6.07 Å². The molecular weight excluding hydrogens is 197 g/mol. The van der Waals surface area contributed by atoms with Gasteiger partial charge in [0.2, 0.25) is 0 Å². The van der Waals surface area contributed by atoms with Gasteiger partial charge in [0.05, 0.1) is 11.3 Å². The van der Waals surface area contributed by atoms with Crippen LogP contribution in [0.1, 0.15) is 28.2 Å². The van der Waals surface area contributed by atoms with Crippen LogP contribution < -0.4 is 5.73 Å². The number of hydrogen-bond donors (Lipinski definition) is 1. The van der Waals surface area contributed by atoms with Gasteiger partial charge in [-0.1, -0.05) is 0 Å². The zero-order chi connectivity index (χ0) is 10.7. The summed E-state index contributed by atoms with van der Waals surface area (Å²) in [6, 6.07) is 0.714. The van der Waals surface area contributed by atoms with Crippen LogP contribution in [-0.4, -0.2) is 11.3 Å². The number of carbonyl (C=O) groups excluding carboxylic acids is 1. The first-order valence-corrected chi connectivity index (χ1v) is 3.72. The lowest BCUT2D eigenvalue weighted by molar-refractivity contribution is 0.111. The van der Waals surface area contributed by atoms with Gasteiger partial charge in [0.15, 0.2) is 12.1 Å². The van der Waals surface area contributed by atoms with Gasteiger partial charge in [-0.2, -0.15) is 0 Å². The maximum Gasteiger partial charge on any atom is 0.266 e. The third-order valence-electron chi connectivity index (χ3n) is 1.62. The zero-order valence-electron chi connectivity index (χ0n) is 7.01. The first-order chi connectivity index (χ1) is 6.60. The largest absolute Gasteiger partial charge is 0.325 e. The minimum Gasteiger partial charge on any atom is -0.325 e. The molecule has 0 spiro atoms. The summed E-state index contributed by atoms with van der Waals surface area (Å²) in [7, 11) is 0. The molecule has 0 aliphatic rings. The second-order valence-corrected chi connectivity index (χ2v) is 2.52. The Kier molecular flexibility index (Phi) is 3.19. The van der Waals surface area contributed by atoms with Crippen LogP contribution in [0, 0.1) is 5.82 Å². The smallest absolute Gasteiger partial charge is 0.266 e. The highest BCUT2D eigenvalue weighted by Gasteiger charge is 2.18. The Morgan fingerprint density at radius 1 is 1.57 bits per heavy atom. The second kappa shape index (κ2) is 4.19. The van der Waals surface area contributed by atoms with Crippen molar-refractivity contribution in [3.05, 3.63) is 28.8 Å². The Balaban J connectivity index is 3.34. The van der Waals surface area contributed by atoms with Crippen LogP contribution in [0.4, 0.5) is 13.2 Å². The SMILES string of the molecule is NCc1nc(C=O)cc(C(F)F)c1F. The summed E-state index contributed by atoms with van der Waals surface area (Å²) in [6.07, 6.45) is -2.72. The number of pyridine rings is 1. The van der Waals surface area contributed by atoms with Crippen LogP contribution in [0.3, 0.4) is 0 Å². The molecule has 0 saturated carbocycles. The number of nitrogens with zero attached hydrogens (tertiary/aromatic N) is 1. The highest BCUT2D eigenvalue weighted by atomic mass is 19.3. The van der Waals surface area contributed by atoms with E-state index >= 15 is 0 Å². The molecule has 76 valence electrons. The molecule has 1 rings (SSSR count). The Morgan fingerprint density at radius 2 is 2.21 bits per heavy atom. The predicted octanol–water partition coefficient (Wildman–Crippen LogP) is 1.43. The van der Waals surface area contributed by atoms with Gasteiger partial charge in [0.1, 0.15) is 5.69 Å². The van der Waals surface area contributed by atoms with E-state index in [0.29, 0.717) is 6.07 Å². The molecule has 0 unspecified atom stereocenters. The Bertz CT molecular complexity index is 355. The van der Waals surface area contributed by atoms with Gasteiger partial charge in [0, 0.05) is 6.54 Å². The van der Waals surface area contributed by atoms with Crippen LogP contribution in [0.5, 0.6) is 0 Å². The molecule has 2 N–H and O–H groups in total. The van der Waals surface area contributed by atoms with Crippen molar-refractivity contribution >= 4 is 6.29 Å². The fraction of sp³-hybridized carbons (Fsp3) is 0.250. The lowest BCUT2D eigenvalue weighted by Gasteiger charge is -2.06. The first kappa shape index (κ1) is 10.6. The van der Waals surface area contributed by atoms with Crippen LogP contribution in [0.15, 0.2) is 6.07 Å². The minimum atomic E-state index is -2.98. The van der Waals surface area contributed by atoms with Crippen molar-refractivity contribution < 1.29 is 18.0 Å². The van der Waals surface area contributed by atoms with Crippen LogP contribution >= 0.6 is 0 Å². The van der Waals surface area contributed by atoms with Gasteiger partial charge in [-0.15, -0.1) is 0 Å². The van der Waals surface area contributed by atoms with Gasteiger partial charge >= 0.3 is 0 Å². The van der Waals surface area contributed by atoms with Crippen molar-refractivity contribution in [3.63, 3.8) is 0 Å². The molecule has 0 fully saturated rings. The predicted molar refractivity (Wildman–Crippen MR) is 42.4 cm³/mol. The highest BCUT2D eigenvalue weighted by Crippen LogP contribution is 2.23. The summed E-state index contributed by atoms with van der Waals surface area (Å²) in [4.78, 5) is 13.7. The number of hydrogen-bond acceptors (Lipinski definition) is 3. The fourth-order valence-corrected chi connectivity index (χ4v) is 0.981. The molecule has 0 bridgehead atoms. The van der Waals surface area contributed by atoms with Crippen LogP contribution in [0.25, 0.3) is 0 Å². The average Bonchev–Trinajstić information content (AvgIpc) is 2.17. The van der Waals surface area contributed by atoms with Crippen molar-refractivity contribution in [1.82, 2.24) is 4.98 Å². The molecule has 1 heterocycles. The molecule has 1 aromatic heterocycles. The number of aromatic nitrogens is 1. The number of alkyl halides is 2. The van der Waals surface area contributed by atoms with Crippen molar-refractivity contribution in [1.29, 1.82) is 0 Å². The molecule has 1 aromatic rings. The van der Waals surface area contributed by atoms with E-state index in [1.54, 1.807) is 0 Å². The second-order valence-electron chi connectivity index (χ2n) is 2.52. The lowest BCUT2D eigenvalue weighted by atomic mass is 10.2. The average molecular weight is 204 g/mol.